The van der Waals surface area contributed by atoms with E-state index in [0.29, 0.717) is 5.82 Å². The average molecular weight is 764 g/mol. The standard InChI is InChI=1S/C57H37N3/c1-4-16-38(17-5-1)42-23-14-26-45(34-42)54-37-55(60-57(59-54)41-21-8-3-9-22-41)50-32-31-46(48-28-12-13-29-49(48)50)43-24-15-25-44(35-43)51-36-53(40-19-6-2-7-20-40)58-52-33-30-39-18-10-11-27-47(39)56(51)52/h1-37H. The van der Waals surface area contributed by atoms with Crippen LogP contribution in [0.2, 0.25) is 0 Å². The van der Waals surface area contributed by atoms with E-state index >= 15 is 0 Å². The average Bonchev–Trinajstić information content (AvgIpc) is 3.34. The van der Waals surface area contributed by atoms with Crippen molar-refractivity contribution in [3.8, 4) is 78.5 Å². The van der Waals surface area contributed by atoms with Gasteiger partial charge in [0.2, 0.25) is 0 Å². The van der Waals surface area contributed by atoms with Gasteiger partial charge in [-0.3, -0.25) is 0 Å². The van der Waals surface area contributed by atoms with Crippen molar-refractivity contribution in [2.45, 2.75) is 0 Å². The molecule has 0 radical (unpaired) electrons. The van der Waals surface area contributed by atoms with Crippen molar-refractivity contribution in [1.82, 2.24) is 15.0 Å². The van der Waals surface area contributed by atoms with E-state index in [-0.39, 0.29) is 0 Å². The number of nitrogens with zero attached hydrogens (tertiary/aromatic N) is 3. The fourth-order valence-electron chi connectivity index (χ4n) is 8.56. The number of rotatable bonds is 7. The fraction of sp³-hybridized carbons (Fsp3) is 0. The second kappa shape index (κ2) is 15.1. The Morgan fingerprint density at radius 2 is 0.767 bits per heavy atom. The summed E-state index contributed by atoms with van der Waals surface area (Å²) in [7, 11) is 0. The molecule has 2 aromatic heterocycles. The zero-order chi connectivity index (χ0) is 39.8. The number of pyridine rings is 1. The van der Waals surface area contributed by atoms with Gasteiger partial charge in [0.15, 0.2) is 5.82 Å². The second-order valence-electron chi connectivity index (χ2n) is 15.2. The van der Waals surface area contributed by atoms with Crippen LogP contribution in [-0.2, 0) is 0 Å². The van der Waals surface area contributed by atoms with Crippen LogP contribution in [0.5, 0.6) is 0 Å². The minimum absolute atomic E-state index is 0.695. The predicted octanol–water partition coefficient (Wildman–Crippen LogP) is 15.0. The number of benzene rings is 9. The molecule has 9 aromatic carbocycles. The smallest absolute Gasteiger partial charge is 0.160 e. The zero-order valence-corrected chi connectivity index (χ0v) is 32.7. The van der Waals surface area contributed by atoms with E-state index in [1.165, 1.54) is 16.3 Å². The van der Waals surface area contributed by atoms with Crippen LogP contribution in [-0.4, -0.2) is 15.0 Å². The Morgan fingerprint density at radius 3 is 1.52 bits per heavy atom. The summed E-state index contributed by atoms with van der Waals surface area (Å²) < 4.78 is 0. The summed E-state index contributed by atoms with van der Waals surface area (Å²) >= 11 is 0. The molecule has 11 rings (SSSR count). The first-order valence-corrected chi connectivity index (χ1v) is 20.3. The van der Waals surface area contributed by atoms with Gasteiger partial charge in [0.25, 0.3) is 0 Å². The summed E-state index contributed by atoms with van der Waals surface area (Å²) in [4.78, 5) is 15.6. The molecular formula is C57H37N3. The van der Waals surface area contributed by atoms with Crippen LogP contribution in [0.1, 0.15) is 0 Å². The topological polar surface area (TPSA) is 38.7 Å². The number of aromatic nitrogens is 3. The lowest BCUT2D eigenvalue weighted by atomic mass is 9.90. The van der Waals surface area contributed by atoms with Crippen LogP contribution in [0, 0.1) is 0 Å². The molecule has 0 fully saturated rings. The predicted molar refractivity (Wildman–Crippen MR) is 250 cm³/mol. The maximum Gasteiger partial charge on any atom is 0.160 e. The lowest BCUT2D eigenvalue weighted by Crippen LogP contribution is -1.97. The monoisotopic (exact) mass is 763 g/mol. The quantitative estimate of drug-likeness (QED) is 0.152. The van der Waals surface area contributed by atoms with Gasteiger partial charge in [-0.15, -0.1) is 0 Å². The molecule has 11 aromatic rings. The van der Waals surface area contributed by atoms with Gasteiger partial charge in [-0.05, 0) is 85.3 Å². The van der Waals surface area contributed by atoms with Crippen LogP contribution in [0.25, 0.3) is 111 Å². The highest BCUT2D eigenvalue weighted by Crippen LogP contribution is 2.41. The molecule has 3 heteroatoms. The van der Waals surface area contributed by atoms with E-state index < -0.39 is 0 Å². The third kappa shape index (κ3) is 6.49. The maximum atomic E-state index is 5.26. The van der Waals surface area contributed by atoms with Crippen molar-refractivity contribution in [2.75, 3.05) is 0 Å². The molecule has 60 heavy (non-hydrogen) atoms. The number of hydrogen-bond acceptors (Lipinski definition) is 3. The van der Waals surface area contributed by atoms with Gasteiger partial charge in [0, 0.05) is 27.6 Å². The van der Waals surface area contributed by atoms with E-state index in [2.05, 4.69) is 206 Å². The van der Waals surface area contributed by atoms with Crippen LogP contribution in [0.15, 0.2) is 224 Å². The highest BCUT2D eigenvalue weighted by Gasteiger charge is 2.17. The van der Waals surface area contributed by atoms with Crippen LogP contribution >= 0.6 is 0 Å². The lowest BCUT2D eigenvalue weighted by Gasteiger charge is -2.16. The lowest BCUT2D eigenvalue weighted by molar-refractivity contribution is 1.18. The van der Waals surface area contributed by atoms with Gasteiger partial charge >= 0.3 is 0 Å². The van der Waals surface area contributed by atoms with E-state index in [1.807, 2.05) is 18.2 Å². The molecule has 0 aliphatic carbocycles. The minimum atomic E-state index is 0.695. The molecule has 0 saturated heterocycles. The van der Waals surface area contributed by atoms with E-state index in [4.69, 9.17) is 15.0 Å². The van der Waals surface area contributed by atoms with Gasteiger partial charge in [-0.25, -0.2) is 15.0 Å². The summed E-state index contributed by atoms with van der Waals surface area (Å²) in [5, 5.41) is 5.85. The molecule has 0 unspecified atom stereocenters. The van der Waals surface area contributed by atoms with E-state index in [1.54, 1.807) is 0 Å². The first-order valence-electron chi connectivity index (χ1n) is 20.3. The third-order valence-electron chi connectivity index (χ3n) is 11.5. The number of fused-ring (bicyclic) bond motifs is 4. The minimum Gasteiger partial charge on any atom is -0.248 e. The zero-order valence-electron chi connectivity index (χ0n) is 32.7. The fourth-order valence-corrected chi connectivity index (χ4v) is 8.56. The van der Waals surface area contributed by atoms with Crippen molar-refractivity contribution in [1.29, 1.82) is 0 Å². The van der Waals surface area contributed by atoms with E-state index in [0.717, 1.165) is 88.8 Å². The second-order valence-corrected chi connectivity index (χ2v) is 15.2. The first kappa shape index (κ1) is 35.2. The van der Waals surface area contributed by atoms with Crippen molar-refractivity contribution < 1.29 is 0 Å². The Balaban J connectivity index is 1.07. The highest BCUT2D eigenvalue weighted by atomic mass is 14.9. The molecule has 0 aliphatic heterocycles. The molecule has 0 aliphatic rings. The Morgan fingerprint density at radius 1 is 0.250 bits per heavy atom. The van der Waals surface area contributed by atoms with Crippen molar-refractivity contribution in [3.05, 3.63) is 224 Å². The highest BCUT2D eigenvalue weighted by molar-refractivity contribution is 6.14. The molecular weight excluding hydrogens is 727 g/mol. The van der Waals surface area contributed by atoms with Gasteiger partial charge in [0.05, 0.1) is 22.6 Å². The van der Waals surface area contributed by atoms with E-state index in [9.17, 15) is 0 Å². The molecule has 0 saturated carbocycles. The molecule has 2 heterocycles. The van der Waals surface area contributed by atoms with Gasteiger partial charge in [-0.1, -0.05) is 194 Å². The van der Waals surface area contributed by atoms with Gasteiger partial charge in [0.1, 0.15) is 0 Å². The summed E-state index contributed by atoms with van der Waals surface area (Å²) in [6.45, 7) is 0. The summed E-state index contributed by atoms with van der Waals surface area (Å²) in [6.07, 6.45) is 0. The SMILES string of the molecule is c1ccc(-c2cccc(-c3cc(-c4ccc(-c5cccc(-c6cc(-c7ccccc7)nc7ccc8ccccc8c67)c5)c5ccccc45)nc(-c4ccccc4)n3)c2)cc1. The summed E-state index contributed by atoms with van der Waals surface area (Å²) in [5.74, 6) is 0.695. The molecule has 3 nitrogen and oxygen atoms in total. The maximum absolute atomic E-state index is 5.26. The first-order chi connectivity index (χ1) is 29.7. The molecule has 0 spiro atoms. The largest absolute Gasteiger partial charge is 0.248 e. The van der Waals surface area contributed by atoms with Crippen molar-refractivity contribution >= 4 is 32.4 Å². The Labute approximate surface area is 349 Å². The summed E-state index contributed by atoms with van der Waals surface area (Å²) in [5.41, 5.74) is 14.8. The Kier molecular flexibility index (Phi) is 8.83. The normalized spacial score (nSPS) is 11.3. The van der Waals surface area contributed by atoms with Gasteiger partial charge < -0.3 is 0 Å². The van der Waals surface area contributed by atoms with Crippen molar-refractivity contribution in [3.63, 3.8) is 0 Å². The molecule has 0 N–H and O–H groups in total. The molecule has 0 amide bonds. The van der Waals surface area contributed by atoms with Crippen molar-refractivity contribution in [2.24, 2.45) is 0 Å². The Hall–Kier alpha value is -8.01. The van der Waals surface area contributed by atoms with Crippen LogP contribution in [0.4, 0.5) is 0 Å². The third-order valence-corrected chi connectivity index (χ3v) is 11.5. The van der Waals surface area contributed by atoms with Gasteiger partial charge in [-0.2, -0.15) is 0 Å². The van der Waals surface area contributed by atoms with Crippen LogP contribution < -0.4 is 0 Å². The summed E-state index contributed by atoms with van der Waals surface area (Å²) in [6, 6.07) is 79.3. The number of hydrogen-bond donors (Lipinski definition) is 0. The molecule has 0 bridgehead atoms. The van der Waals surface area contributed by atoms with Crippen LogP contribution in [0.3, 0.4) is 0 Å². The molecule has 280 valence electrons. The molecule has 0 atom stereocenters. The Bertz CT molecular complexity index is 3360.